The fourth-order valence-electron chi connectivity index (χ4n) is 3.74. The van der Waals surface area contributed by atoms with Crippen molar-refractivity contribution in [1.29, 1.82) is 0 Å². The minimum Gasteiger partial charge on any atom is -0.491 e. The predicted octanol–water partition coefficient (Wildman–Crippen LogP) is 4.22. The van der Waals surface area contributed by atoms with Gasteiger partial charge < -0.3 is 19.7 Å². The van der Waals surface area contributed by atoms with Crippen LogP contribution in [0.4, 0.5) is 5.69 Å². The van der Waals surface area contributed by atoms with Crippen molar-refractivity contribution in [2.24, 2.45) is 0 Å². The molecule has 1 amide bonds. The topological polar surface area (TPSA) is 50.8 Å². The zero-order valence-electron chi connectivity index (χ0n) is 15.7. The summed E-state index contributed by atoms with van der Waals surface area (Å²) in [6.07, 6.45) is 3.13. The Hall–Kier alpha value is -2.53. The van der Waals surface area contributed by atoms with Gasteiger partial charge in [-0.05, 0) is 49.1 Å². The summed E-state index contributed by atoms with van der Waals surface area (Å²) in [6.45, 7) is 4.23. The van der Waals surface area contributed by atoms with Crippen LogP contribution in [0.3, 0.4) is 0 Å². The highest BCUT2D eigenvalue weighted by Gasteiger charge is 2.32. The molecule has 5 nitrogen and oxygen atoms in total. The second-order valence-corrected chi connectivity index (χ2v) is 7.11. The fraction of sp³-hybridized carbons (Fsp3) is 0.409. The van der Waals surface area contributed by atoms with Crippen molar-refractivity contribution < 1.29 is 14.3 Å². The molecular weight excluding hydrogens is 340 g/mol. The zero-order valence-corrected chi connectivity index (χ0v) is 15.7. The molecule has 2 unspecified atom stereocenters. The highest BCUT2D eigenvalue weighted by atomic mass is 16.5. The van der Waals surface area contributed by atoms with Gasteiger partial charge in [-0.25, -0.2) is 0 Å². The van der Waals surface area contributed by atoms with Crippen molar-refractivity contribution in [2.45, 2.75) is 38.5 Å². The molecule has 0 saturated carbocycles. The van der Waals surface area contributed by atoms with Crippen LogP contribution in [0.15, 0.2) is 48.5 Å². The first kappa shape index (κ1) is 17.9. The van der Waals surface area contributed by atoms with E-state index in [9.17, 15) is 4.79 Å². The molecule has 2 aromatic carbocycles. The summed E-state index contributed by atoms with van der Waals surface area (Å²) in [6, 6.07) is 15.7. The first-order valence-electron chi connectivity index (χ1n) is 9.77. The van der Waals surface area contributed by atoms with Crippen molar-refractivity contribution >= 4 is 11.6 Å². The maximum absolute atomic E-state index is 13.0. The lowest BCUT2D eigenvalue weighted by Gasteiger charge is -2.38. The molecule has 4 rings (SSSR count). The van der Waals surface area contributed by atoms with E-state index in [1.807, 2.05) is 53.4 Å². The van der Waals surface area contributed by atoms with Gasteiger partial charge in [0.1, 0.15) is 18.5 Å². The largest absolute Gasteiger partial charge is 0.491 e. The second-order valence-electron chi connectivity index (χ2n) is 7.11. The van der Waals surface area contributed by atoms with Crippen molar-refractivity contribution in [3.8, 4) is 5.75 Å². The molecule has 1 fully saturated rings. The minimum absolute atomic E-state index is 0.0786. The maximum atomic E-state index is 13.0. The molecular formula is C22H26N2O3. The van der Waals surface area contributed by atoms with E-state index in [0.29, 0.717) is 13.2 Å². The van der Waals surface area contributed by atoms with Crippen molar-refractivity contribution in [1.82, 2.24) is 4.90 Å². The number of para-hydroxylation sites is 1. The van der Waals surface area contributed by atoms with E-state index in [-0.39, 0.29) is 18.2 Å². The molecule has 2 heterocycles. The minimum atomic E-state index is -0.167. The monoisotopic (exact) mass is 366 g/mol. The van der Waals surface area contributed by atoms with Gasteiger partial charge in [0.25, 0.3) is 5.91 Å². The molecule has 2 aromatic rings. The van der Waals surface area contributed by atoms with Gasteiger partial charge in [-0.3, -0.25) is 4.79 Å². The normalized spacial score (nSPS) is 21.7. The highest BCUT2D eigenvalue weighted by Crippen LogP contribution is 2.33. The van der Waals surface area contributed by atoms with Crippen LogP contribution in [0.25, 0.3) is 0 Å². The molecule has 2 atom stereocenters. The Bertz CT molecular complexity index is 784. The first-order chi connectivity index (χ1) is 13.3. The van der Waals surface area contributed by atoms with Crippen LogP contribution < -0.4 is 10.1 Å². The molecule has 142 valence electrons. The molecule has 0 aliphatic carbocycles. The Morgan fingerprint density at radius 3 is 2.74 bits per heavy atom. The summed E-state index contributed by atoms with van der Waals surface area (Å²) in [5.74, 6) is 0.911. The number of rotatable bonds is 6. The van der Waals surface area contributed by atoms with Crippen LogP contribution in [-0.4, -0.2) is 36.7 Å². The summed E-state index contributed by atoms with van der Waals surface area (Å²) < 4.78 is 11.5. The van der Waals surface area contributed by atoms with E-state index in [4.69, 9.17) is 9.47 Å². The third-order valence-corrected chi connectivity index (χ3v) is 5.14. The molecule has 1 N–H and O–H groups in total. The van der Waals surface area contributed by atoms with Gasteiger partial charge in [-0.15, -0.1) is 0 Å². The standard InChI is InChI=1S/C22H26N2O3/c1-2-13-24-21(23-20-8-4-3-7-19(20)22(24)25)16-9-11-17(12-10-16)27-15-18-6-5-14-26-18/h3-4,7-12,18,21,23H,2,5-6,13-15H2,1H3. The van der Waals surface area contributed by atoms with Crippen LogP contribution in [0.1, 0.15) is 48.3 Å². The quantitative estimate of drug-likeness (QED) is 0.832. The summed E-state index contributed by atoms with van der Waals surface area (Å²) >= 11 is 0. The number of anilines is 1. The zero-order chi connectivity index (χ0) is 18.6. The van der Waals surface area contributed by atoms with Gasteiger partial charge in [-0.1, -0.05) is 31.2 Å². The van der Waals surface area contributed by atoms with Crippen molar-refractivity contribution in [3.63, 3.8) is 0 Å². The van der Waals surface area contributed by atoms with Gasteiger partial charge in [0.15, 0.2) is 0 Å². The predicted molar refractivity (Wildman–Crippen MR) is 105 cm³/mol. The summed E-state index contributed by atoms with van der Waals surface area (Å²) in [5.41, 5.74) is 2.67. The Kier molecular flexibility index (Phi) is 5.30. The number of ether oxygens (including phenoxy) is 2. The Labute approximate surface area is 160 Å². The van der Waals surface area contributed by atoms with E-state index >= 15 is 0 Å². The average Bonchev–Trinajstić information content (AvgIpc) is 3.23. The van der Waals surface area contributed by atoms with E-state index < -0.39 is 0 Å². The van der Waals surface area contributed by atoms with Gasteiger partial charge in [0.2, 0.25) is 0 Å². The van der Waals surface area contributed by atoms with Crippen LogP contribution >= 0.6 is 0 Å². The van der Waals surface area contributed by atoms with E-state index in [1.165, 1.54) is 0 Å². The maximum Gasteiger partial charge on any atom is 0.257 e. The average molecular weight is 366 g/mol. The lowest BCUT2D eigenvalue weighted by Crippen LogP contribution is -2.43. The van der Waals surface area contributed by atoms with Crippen LogP contribution in [-0.2, 0) is 4.74 Å². The molecule has 2 aliphatic heterocycles. The van der Waals surface area contributed by atoms with Crippen LogP contribution in [0.2, 0.25) is 0 Å². The molecule has 0 bridgehead atoms. The SMILES string of the molecule is CCCN1C(=O)c2ccccc2NC1c1ccc(OCC2CCCO2)cc1. The summed E-state index contributed by atoms with van der Waals surface area (Å²) in [4.78, 5) is 14.9. The van der Waals surface area contributed by atoms with Crippen LogP contribution in [0, 0.1) is 0 Å². The molecule has 2 aliphatic rings. The van der Waals surface area contributed by atoms with E-state index in [2.05, 4.69) is 12.2 Å². The number of carbonyl (C=O) groups is 1. The molecule has 0 spiro atoms. The lowest BCUT2D eigenvalue weighted by atomic mass is 10.0. The third-order valence-electron chi connectivity index (χ3n) is 5.14. The number of benzene rings is 2. The summed E-state index contributed by atoms with van der Waals surface area (Å²) in [7, 11) is 0. The van der Waals surface area contributed by atoms with Crippen LogP contribution in [0.5, 0.6) is 5.75 Å². The number of hydrogen-bond acceptors (Lipinski definition) is 4. The first-order valence-corrected chi connectivity index (χ1v) is 9.77. The van der Waals surface area contributed by atoms with E-state index in [0.717, 1.165) is 48.4 Å². The number of amides is 1. The Morgan fingerprint density at radius 2 is 2.00 bits per heavy atom. The number of nitrogens with zero attached hydrogens (tertiary/aromatic N) is 1. The molecule has 27 heavy (non-hydrogen) atoms. The lowest BCUT2D eigenvalue weighted by molar-refractivity contribution is 0.0674. The third kappa shape index (κ3) is 3.78. The Balaban J connectivity index is 1.51. The Morgan fingerprint density at radius 1 is 1.19 bits per heavy atom. The van der Waals surface area contributed by atoms with Crippen molar-refractivity contribution in [2.75, 3.05) is 25.1 Å². The van der Waals surface area contributed by atoms with Crippen molar-refractivity contribution in [3.05, 3.63) is 59.7 Å². The number of carbonyl (C=O) groups excluding carboxylic acids is 1. The van der Waals surface area contributed by atoms with E-state index in [1.54, 1.807) is 0 Å². The molecule has 0 radical (unpaired) electrons. The molecule has 5 heteroatoms. The number of fused-ring (bicyclic) bond motifs is 1. The van der Waals surface area contributed by atoms with Gasteiger partial charge in [-0.2, -0.15) is 0 Å². The van der Waals surface area contributed by atoms with Gasteiger partial charge in [0.05, 0.1) is 11.7 Å². The molecule has 0 aromatic heterocycles. The molecule has 1 saturated heterocycles. The second kappa shape index (κ2) is 8.01. The number of hydrogen-bond donors (Lipinski definition) is 1. The van der Waals surface area contributed by atoms with Gasteiger partial charge >= 0.3 is 0 Å². The van der Waals surface area contributed by atoms with Gasteiger partial charge in [0, 0.05) is 18.8 Å². The summed E-state index contributed by atoms with van der Waals surface area (Å²) in [5, 5.41) is 3.52. The smallest absolute Gasteiger partial charge is 0.257 e. The number of nitrogens with one attached hydrogen (secondary N) is 1. The fourth-order valence-corrected chi connectivity index (χ4v) is 3.74. The highest BCUT2D eigenvalue weighted by molar-refractivity contribution is 6.01.